The summed E-state index contributed by atoms with van der Waals surface area (Å²) in [7, 11) is 0. The molecule has 7 unspecified atom stereocenters. The van der Waals surface area contributed by atoms with Crippen LogP contribution in [0, 0.1) is 46.8 Å². The standard InChI is InChI=1S/C29H54/c1-9-29(8,20-22(4)14-12-13-21(2)3)25(7)24(6)26-18-17-23(5)28-16-11-10-15-27(28)19-26/h21-23,25-28H,6,9-20H2,1-5,7-8H3. The van der Waals surface area contributed by atoms with Crippen molar-refractivity contribution in [3.8, 4) is 0 Å². The van der Waals surface area contributed by atoms with Crippen molar-refractivity contribution < 1.29 is 0 Å². The highest BCUT2D eigenvalue weighted by Crippen LogP contribution is 2.49. The summed E-state index contributed by atoms with van der Waals surface area (Å²) in [4.78, 5) is 0. The molecular weight excluding hydrogens is 348 g/mol. The first-order valence-corrected chi connectivity index (χ1v) is 13.4. The van der Waals surface area contributed by atoms with Gasteiger partial charge in [-0.2, -0.15) is 0 Å². The number of hydrogen-bond acceptors (Lipinski definition) is 0. The van der Waals surface area contributed by atoms with E-state index >= 15 is 0 Å². The van der Waals surface area contributed by atoms with Gasteiger partial charge in [0, 0.05) is 0 Å². The predicted octanol–water partition coefficient (Wildman–Crippen LogP) is 9.69. The second kappa shape index (κ2) is 11.4. The summed E-state index contributed by atoms with van der Waals surface area (Å²) >= 11 is 0. The normalized spacial score (nSPS) is 32.1. The molecule has 170 valence electrons. The maximum Gasteiger partial charge on any atom is -0.0178 e. The molecule has 0 N–H and O–H groups in total. The van der Waals surface area contributed by atoms with Crippen molar-refractivity contribution in [2.24, 2.45) is 46.8 Å². The second-order valence-corrected chi connectivity index (χ2v) is 12.1. The van der Waals surface area contributed by atoms with Crippen molar-refractivity contribution in [2.45, 2.75) is 126 Å². The van der Waals surface area contributed by atoms with E-state index in [1.807, 2.05) is 0 Å². The van der Waals surface area contributed by atoms with E-state index in [0.717, 1.165) is 35.5 Å². The SMILES string of the molecule is C=C(C1CCC(C)C2CCCCC2C1)C(C)C(C)(CC)CC(C)CCCC(C)C. The van der Waals surface area contributed by atoms with Gasteiger partial charge in [-0.3, -0.25) is 0 Å². The zero-order valence-corrected chi connectivity index (χ0v) is 21.2. The zero-order chi connectivity index (χ0) is 21.6. The second-order valence-electron chi connectivity index (χ2n) is 12.1. The van der Waals surface area contributed by atoms with E-state index in [-0.39, 0.29) is 0 Å². The summed E-state index contributed by atoms with van der Waals surface area (Å²) in [6.45, 7) is 22.1. The van der Waals surface area contributed by atoms with E-state index < -0.39 is 0 Å². The lowest BCUT2D eigenvalue weighted by Crippen LogP contribution is -2.31. The smallest absolute Gasteiger partial charge is 0.0178 e. The molecule has 0 radical (unpaired) electrons. The molecule has 2 aliphatic rings. The third-order valence-corrected chi connectivity index (χ3v) is 9.48. The highest BCUT2D eigenvalue weighted by Gasteiger charge is 2.39. The monoisotopic (exact) mass is 402 g/mol. The number of rotatable bonds is 10. The van der Waals surface area contributed by atoms with Gasteiger partial charge in [-0.25, -0.2) is 0 Å². The minimum Gasteiger partial charge on any atom is -0.0993 e. The fraction of sp³-hybridized carbons (Fsp3) is 0.931. The van der Waals surface area contributed by atoms with Gasteiger partial charge in [0.05, 0.1) is 0 Å². The molecule has 0 saturated heterocycles. The average molecular weight is 403 g/mol. The quantitative estimate of drug-likeness (QED) is 0.319. The van der Waals surface area contributed by atoms with Crippen molar-refractivity contribution in [3.05, 3.63) is 12.2 Å². The molecule has 2 aliphatic carbocycles. The summed E-state index contributed by atoms with van der Waals surface area (Å²) < 4.78 is 0. The van der Waals surface area contributed by atoms with Crippen molar-refractivity contribution in [1.82, 2.24) is 0 Å². The van der Waals surface area contributed by atoms with Gasteiger partial charge in [-0.15, -0.1) is 0 Å². The van der Waals surface area contributed by atoms with Crippen LogP contribution in [-0.4, -0.2) is 0 Å². The van der Waals surface area contributed by atoms with Gasteiger partial charge < -0.3 is 0 Å². The molecule has 29 heavy (non-hydrogen) atoms. The van der Waals surface area contributed by atoms with Crippen LogP contribution in [0.3, 0.4) is 0 Å². The van der Waals surface area contributed by atoms with Gasteiger partial charge in [0.2, 0.25) is 0 Å². The van der Waals surface area contributed by atoms with Gasteiger partial charge >= 0.3 is 0 Å². The van der Waals surface area contributed by atoms with Crippen LogP contribution in [0.5, 0.6) is 0 Å². The first kappa shape index (κ1) is 25.0. The summed E-state index contributed by atoms with van der Waals surface area (Å²) in [5.74, 6) is 6.05. The molecule has 0 aliphatic heterocycles. The van der Waals surface area contributed by atoms with E-state index in [0.29, 0.717) is 11.3 Å². The first-order valence-electron chi connectivity index (χ1n) is 13.4. The largest absolute Gasteiger partial charge is 0.0993 e. The zero-order valence-electron chi connectivity index (χ0n) is 21.2. The molecule has 2 fully saturated rings. The van der Waals surface area contributed by atoms with Gasteiger partial charge in [-0.05, 0) is 78.9 Å². The maximum atomic E-state index is 4.79. The third-order valence-electron chi connectivity index (χ3n) is 9.48. The fourth-order valence-electron chi connectivity index (χ4n) is 6.98. The molecular formula is C29H54. The van der Waals surface area contributed by atoms with E-state index in [2.05, 4.69) is 48.5 Å². The molecule has 0 amide bonds. The Balaban J connectivity index is 1.99. The summed E-state index contributed by atoms with van der Waals surface area (Å²) in [6.07, 6.45) is 17.1. The Bertz CT molecular complexity index is 488. The van der Waals surface area contributed by atoms with Gasteiger partial charge in [-0.1, -0.05) is 106 Å². The highest BCUT2D eigenvalue weighted by molar-refractivity contribution is 5.11. The third kappa shape index (κ3) is 6.87. The van der Waals surface area contributed by atoms with E-state index in [1.54, 1.807) is 5.57 Å². The Morgan fingerprint density at radius 1 is 1.00 bits per heavy atom. The fourth-order valence-corrected chi connectivity index (χ4v) is 6.98. The minimum atomic E-state index is 0.415. The maximum absolute atomic E-state index is 4.79. The molecule has 0 aromatic heterocycles. The van der Waals surface area contributed by atoms with Gasteiger partial charge in [0.15, 0.2) is 0 Å². The molecule has 2 rings (SSSR count). The van der Waals surface area contributed by atoms with Crippen LogP contribution >= 0.6 is 0 Å². The molecule has 0 aromatic rings. The number of fused-ring (bicyclic) bond motifs is 1. The molecule has 0 aromatic carbocycles. The van der Waals surface area contributed by atoms with Crippen LogP contribution in [-0.2, 0) is 0 Å². The molecule has 0 heteroatoms. The van der Waals surface area contributed by atoms with Crippen molar-refractivity contribution in [2.75, 3.05) is 0 Å². The lowest BCUT2D eigenvalue weighted by atomic mass is 9.64. The minimum absolute atomic E-state index is 0.415. The van der Waals surface area contributed by atoms with Crippen LogP contribution in [0.4, 0.5) is 0 Å². The highest BCUT2D eigenvalue weighted by atomic mass is 14.4. The van der Waals surface area contributed by atoms with Crippen LogP contribution in [0.15, 0.2) is 12.2 Å². The Morgan fingerprint density at radius 2 is 1.69 bits per heavy atom. The van der Waals surface area contributed by atoms with Gasteiger partial charge in [0.1, 0.15) is 0 Å². The predicted molar refractivity (Wildman–Crippen MR) is 131 cm³/mol. The molecule has 7 atom stereocenters. The summed E-state index contributed by atoms with van der Waals surface area (Å²) in [6, 6.07) is 0. The Labute approximate surface area is 184 Å². The van der Waals surface area contributed by atoms with E-state index in [9.17, 15) is 0 Å². The van der Waals surface area contributed by atoms with Crippen molar-refractivity contribution >= 4 is 0 Å². The molecule has 0 heterocycles. The topological polar surface area (TPSA) is 0 Å². The number of hydrogen-bond donors (Lipinski definition) is 0. The Kier molecular flexibility index (Phi) is 9.82. The first-order chi connectivity index (χ1) is 13.7. The molecule has 0 bridgehead atoms. The molecule has 0 spiro atoms. The van der Waals surface area contributed by atoms with E-state index in [4.69, 9.17) is 6.58 Å². The summed E-state index contributed by atoms with van der Waals surface area (Å²) in [5, 5.41) is 0. The molecule has 2 saturated carbocycles. The molecule has 0 nitrogen and oxygen atoms in total. The van der Waals surface area contributed by atoms with E-state index in [1.165, 1.54) is 77.0 Å². The van der Waals surface area contributed by atoms with Crippen molar-refractivity contribution in [1.29, 1.82) is 0 Å². The average Bonchev–Trinajstić information content (AvgIpc) is 2.85. The van der Waals surface area contributed by atoms with Crippen LogP contribution in [0.1, 0.15) is 126 Å². The Morgan fingerprint density at radius 3 is 2.34 bits per heavy atom. The van der Waals surface area contributed by atoms with Crippen LogP contribution in [0.2, 0.25) is 0 Å². The van der Waals surface area contributed by atoms with Crippen LogP contribution < -0.4 is 0 Å². The van der Waals surface area contributed by atoms with Crippen molar-refractivity contribution in [3.63, 3.8) is 0 Å². The lowest BCUT2D eigenvalue weighted by molar-refractivity contribution is 0.147. The van der Waals surface area contributed by atoms with Gasteiger partial charge in [0.25, 0.3) is 0 Å². The van der Waals surface area contributed by atoms with Crippen LogP contribution in [0.25, 0.3) is 0 Å². The Hall–Kier alpha value is -0.260. The number of allylic oxidation sites excluding steroid dienone is 1. The lowest BCUT2D eigenvalue weighted by Gasteiger charge is -2.41. The summed E-state index contributed by atoms with van der Waals surface area (Å²) in [5.41, 5.74) is 2.03.